The van der Waals surface area contributed by atoms with Crippen molar-refractivity contribution in [2.24, 2.45) is 17.6 Å². The molecule has 0 aliphatic heterocycles. The van der Waals surface area contributed by atoms with Gasteiger partial charge in [0.2, 0.25) is 0 Å². The van der Waals surface area contributed by atoms with E-state index in [9.17, 15) is 5.11 Å². The molecule has 0 aromatic heterocycles. The zero-order chi connectivity index (χ0) is 13.8. The first-order valence-electron chi connectivity index (χ1n) is 7.59. The Labute approximate surface area is 117 Å². The Kier molecular flexibility index (Phi) is 5.00. The van der Waals surface area contributed by atoms with Crippen LogP contribution in [0, 0.1) is 11.8 Å². The average molecular weight is 261 g/mol. The highest BCUT2D eigenvalue weighted by Gasteiger charge is 2.27. The molecule has 2 nitrogen and oxygen atoms in total. The first kappa shape index (κ1) is 14.5. The Hall–Kier alpha value is -0.860. The third-order valence-electron chi connectivity index (χ3n) is 4.64. The van der Waals surface area contributed by atoms with Gasteiger partial charge in [-0.3, -0.25) is 0 Å². The largest absolute Gasteiger partial charge is 0.393 e. The molecule has 3 atom stereocenters. The summed E-state index contributed by atoms with van der Waals surface area (Å²) in [5, 5.41) is 10.5. The summed E-state index contributed by atoms with van der Waals surface area (Å²) in [6.45, 7) is 4.87. The van der Waals surface area contributed by atoms with Crippen LogP contribution in [-0.4, -0.2) is 17.8 Å². The van der Waals surface area contributed by atoms with Crippen molar-refractivity contribution >= 4 is 0 Å². The van der Waals surface area contributed by atoms with Crippen LogP contribution in [0.15, 0.2) is 24.3 Å². The molecule has 0 radical (unpaired) electrons. The summed E-state index contributed by atoms with van der Waals surface area (Å²) in [6.07, 6.45) is 4.21. The highest BCUT2D eigenvalue weighted by atomic mass is 16.3. The quantitative estimate of drug-likeness (QED) is 0.855. The van der Waals surface area contributed by atoms with Gasteiger partial charge in [0.05, 0.1) is 6.10 Å². The lowest BCUT2D eigenvalue weighted by molar-refractivity contribution is 0.0699. The first-order chi connectivity index (χ1) is 9.13. The molecule has 19 heavy (non-hydrogen) atoms. The SMILES string of the molecule is CC(C)C(CN)C(O)CC1CCCc2ccccc21. The third-order valence-corrected chi connectivity index (χ3v) is 4.64. The number of fused-ring (bicyclic) bond motifs is 1. The molecule has 0 saturated heterocycles. The van der Waals surface area contributed by atoms with Crippen molar-refractivity contribution in [3.8, 4) is 0 Å². The van der Waals surface area contributed by atoms with Crippen LogP contribution in [0.3, 0.4) is 0 Å². The molecule has 1 aromatic rings. The van der Waals surface area contributed by atoms with Gasteiger partial charge in [0.25, 0.3) is 0 Å². The van der Waals surface area contributed by atoms with Gasteiger partial charge in [-0.1, -0.05) is 38.1 Å². The predicted octanol–water partition coefficient (Wildman–Crippen LogP) is 3.09. The number of nitrogens with two attached hydrogens (primary N) is 1. The summed E-state index contributed by atoms with van der Waals surface area (Å²) in [5.74, 6) is 1.17. The van der Waals surface area contributed by atoms with Gasteiger partial charge < -0.3 is 10.8 Å². The summed E-state index contributed by atoms with van der Waals surface area (Å²) in [7, 11) is 0. The smallest absolute Gasteiger partial charge is 0.0588 e. The molecule has 2 heteroatoms. The fourth-order valence-electron chi connectivity index (χ4n) is 3.44. The van der Waals surface area contributed by atoms with Gasteiger partial charge in [-0.05, 0) is 61.1 Å². The maximum Gasteiger partial charge on any atom is 0.0588 e. The second-order valence-corrected chi connectivity index (χ2v) is 6.23. The van der Waals surface area contributed by atoms with Crippen molar-refractivity contribution < 1.29 is 5.11 Å². The zero-order valence-corrected chi connectivity index (χ0v) is 12.2. The van der Waals surface area contributed by atoms with Crippen molar-refractivity contribution in [2.45, 2.75) is 51.6 Å². The lowest BCUT2D eigenvalue weighted by Crippen LogP contribution is -2.33. The Morgan fingerprint density at radius 2 is 2.05 bits per heavy atom. The van der Waals surface area contributed by atoms with Gasteiger partial charge in [-0.15, -0.1) is 0 Å². The highest BCUT2D eigenvalue weighted by Crippen LogP contribution is 2.36. The Morgan fingerprint density at radius 3 is 2.74 bits per heavy atom. The number of aliphatic hydroxyl groups excluding tert-OH is 1. The van der Waals surface area contributed by atoms with Gasteiger partial charge >= 0.3 is 0 Å². The average Bonchev–Trinajstić information content (AvgIpc) is 2.39. The number of aryl methyl sites for hydroxylation is 1. The van der Waals surface area contributed by atoms with E-state index in [-0.39, 0.29) is 12.0 Å². The Morgan fingerprint density at radius 1 is 1.32 bits per heavy atom. The van der Waals surface area contributed by atoms with Gasteiger partial charge in [-0.2, -0.15) is 0 Å². The van der Waals surface area contributed by atoms with E-state index in [2.05, 4.69) is 38.1 Å². The van der Waals surface area contributed by atoms with Crippen LogP contribution in [0.25, 0.3) is 0 Å². The van der Waals surface area contributed by atoms with Crippen LogP contribution in [0.2, 0.25) is 0 Å². The van der Waals surface area contributed by atoms with Crippen LogP contribution < -0.4 is 5.73 Å². The van der Waals surface area contributed by atoms with E-state index in [1.807, 2.05) is 0 Å². The van der Waals surface area contributed by atoms with Crippen LogP contribution >= 0.6 is 0 Å². The number of aliphatic hydroxyl groups is 1. The normalized spacial score (nSPS) is 22.1. The molecule has 3 N–H and O–H groups in total. The molecule has 0 saturated carbocycles. The fraction of sp³-hybridized carbons (Fsp3) is 0.647. The minimum Gasteiger partial charge on any atom is -0.393 e. The van der Waals surface area contributed by atoms with Crippen molar-refractivity contribution in [1.82, 2.24) is 0 Å². The summed E-state index contributed by atoms with van der Waals surface area (Å²) in [6, 6.07) is 8.70. The van der Waals surface area contributed by atoms with E-state index in [4.69, 9.17) is 5.73 Å². The number of benzene rings is 1. The van der Waals surface area contributed by atoms with E-state index in [1.165, 1.54) is 30.4 Å². The molecule has 106 valence electrons. The molecule has 0 amide bonds. The lowest BCUT2D eigenvalue weighted by atomic mass is 9.77. The number of hydrogen-bond acceptors (Lipinski definition) is 2. The summed E-state index contributed by atoms with van der Waals surface area (Å²) < 4.78 is 0. The lowest BCUT2D eigenvalue weighted by Gasteiger charge is -2.31. The number of rotatable bonds is 5. The van der Waals surface area contributed by atoms with E-state index in [1.54, 1.807) is 0 Å². The number of hydrogen-bond donors (Lipinski definition) is 2. The second-order valence-electron chi connectivity index (χ2n) is 6.23. The van der Waals surface area contributed by atoms with Crippen LogP contribution in [-0.2, 0) is 6.42 Å². The molecule has 2 rings (SSSR count). The first-order valence-corrected chi connectivity index (χ1v) is 7.59. The molecule has 0 heterocycles. The standard InChI is InChI=1S/C17H27NO/c1-12(2)16(11-18)17(19)10-14-8-5-7-13-6-3-4-9-15(13)14/h3-4,6,9,12,14,16-17,19H,5,7-8,10-11,18H2,1-2H3. The summed E-state index contributed by atoms with van der Waals surface area (Å²) in [5.41, 5.74) is 8.74. The fourth-order valence-corrected chi connectivity index (χ4v) is 3.44. The zero-order valence-electron chi connectivity index (χ0n) is 12.2. The molecule has 1 aliphatic carbocycles. The van der Waals surface area contributed by atoms with Crippen molar-refractivity contribution in [2.75, 3.05) is 6.54 Å². The molecule has 0 bridgehead atoms. The van der Waals surface area contributed by atoms with Crippen LogP contribution in [0.4, 0.5) is 0 Å². The Balaban J connectivity index is 2.08. The van der Waals surface area contributed by atoms with Gasteiger partial charge in [0.15, 0.2) is 0 Å². The maximum absolute atomic E-state index is 10.5. The van der Waals surface area contributed by atoms with Crippen LogP contribution in [0.1, 0.15) is 50.2 Å². The summed E-state index contributed by atoms with van der Waals surface area (Å²) in [4.78, 5) is 0. The molecule has 0 fully saturated rings. The van der Waals surface area contributed by atoms with Crippen LogP contribution in [0.5, 0.6) is 0 Å². The van der Waals surface area contributed by atoms with Crippen molar-refractivity contribution in [3.63, 3.8) is 0 Å². The van der Waals surface area contributed by atoms with Gasteiger partial charge in [-0.25, -0.2) is 0 Å². The van der Waals surface area contributed by atoms with E-state index >= 15 is 0 Å². The van der Waals surface area contributed by atoms with Gasteiger partial charge in [0, 0.05) is 0 Å². The van der Waals surface area contributed by atoms with Gasteiger partial charge in [0.1, 0.15) is 0 Å². The third kappa shape index (κ3) is 3.37. The van der Waals surface area contributed by atoms with E-state index < -0.39 is 0 Å². The highest BCUT2D eigenvalue weighted by molar-refractivity contribution is 5.32. The molecule has 1 aromatic carbocycles. The summed E-state index contributed by atoms with van der Waals surface area (Å²) >= 11 is 0. The molecule has 0 spiro atoms. The van der Waals surface area contributed by atoms with E-state index in [0.29, 0.717) is 18.4 Å². The molecular weight excluding hydrogens is 234 g/mol. The maximum atomic E-state index is 10.5. The molecule has 1 aliphatic rings. The minimum absolute atomic E-state index is 0.217. The van der Waals surface area contributed by atoms with Crippen molar-refractivity contribution in [1.29, 1.82) is 0 Å². The minimum atomic E-state index is -0.277. The second kappa shape index (κ2) is 6.53. The predicted molar refractivity (Wildman–Crippen MR) is 80.1 cm³/mol. The molecule has 3 unspecified atom stereocenters. The van der Waals surface area contributed by atoms with E-state index in [0.717, 1.165) is 6.42 Å². The monoisotopic (exact) mass is 261 g/mol. The topological polar surface area (TPSA) is 46.2 Å². The van der Waals surface area contributed by atoms with Crippen molar-refractivity contribution in [3.05, 3.63) is 35.4 Å². The molecular formula is C17H27NO. The Bertz CT molecular complexity index is 402.